The van der Waals surface area contributed by atoms with Crippen molar-refractivity contribution in [3.8, 4) is 0 Å². The van der Waals surface area contributed by atoms with Crippen molar-refractivity contribution in [1.82, 2.24) is 5.23 Å². The van der Waals surface area contributed by atoms with Gasteiger partial charge in [-0.1, -0.05) is 0 Å². The second-order valence-electron chi connectivity index (χ2n) is 6.01. The van der Waals surface area contributed by atoms with E-state index < -0.39 is 41.6 Å². The van der Waals surface area contributed by atoms with Crippen LogP contribution in [0.1, 0.15) is 33.6 Å². The average Bonchev–Trinajstić information content (AvgIpc) is 3.10. The molecule has 2 rings (SSSR count). The Bertz CT molecular complexity index is 592. The number of carbonyl (C=O) groups excluding carboxylic acids is 4. The van der Waals surface area contributed by atoms with E-state index in [9.17, 15) is 19.2 Å². The van der Waals surface area contributed by atoms with Crippen LogP contribution >= 0.6 is 0 Å². The lowest BCUT2D eigenvalue weighted by molar-refractivity contribution is -0.362. The molecule has 2 aliphatic rings. The monoisotopic (exact) mass is 373 g/mol. The molecule has 10 nitrogen and oxygen atoms in total. The molecule has 2 heterocycles. The first-order valence-electron chi connectivity index (χ1n) is 8.36. The molecular formula is C16H23NO9. The second kappa shape index (κ2) is 8.11. The zero-order valence-corrected chi connectivity index (χ0v) is 15.2. The Balaban J connectivity index is 2.44. The normalized spacial score (nSPS) is 30.5. The maximum atomic E-state index is 12.8. The second-order valence-corrected chi connectivity index (χ2v) is 6.01. The highest BCUT2D eigenvalue weighted by atomic mass is 17.0. The average molecular weight is 373 g/mol. The number of hydrogen-bond donors (Lipinski definition) is 0. The molecule has 0 aliphatic carbocycles. The summed E-state index contributed by atoms with van der Waals surface area (Å²) < 4.78 is 14.8. The third kappa shape index (κ3) is 3.44. The van der Waals surface area contributed by atoms with Crippen molar-refractivity contribution in [2.75, 3.05) is 20.3 Å². The molecule has 0 radical (unpaired) electrons. The molecule has 26 heavy (non-hydrogen) atoms. The van der Waals surface area contributed by atoms with Gasteiger partial charge in [0.05, 0.1) is 20.3 Å². The fourth-order valence-corrected chi connectivity index (χ4v) is 3.28. The number of hydrogen-bond acceptors (Lipinski definition) is 10. The van der Waals surface area contributed by atoms with Crippen LogP contribution in [0.2, 0.25) is 0 Å². The zero-order valence-electron chi connectivity index (χ0n) is 15.2. The molecular weight excluding hydrogens is 350 g/mol. The topological polar surface area (TPSA) is 118 Å². The third-order valence-electron chi connectivity index (χ3n) is 4.35. The minimum atomic E-state index is -1.63. The van der Waals surface area contributed by atoms with Gasteiger partial charge in [0.2, 0.25) is 0 Å². The van der Waals surface area contributed by atoms with Gasteiger partial charge in [0, 0.05) is 18.8 Å². The third-order valence-corrected chi connectivity index (χ3v) is 4.35. The smallest absolute Gasteiger partial charge is 0.337 e. The van der Waals surface area contributed by atoms with Gasteiger partial charge in [0.15, 0.2) is 17.7 Å². The summed E-state index contributed by atoms with van der Waals surface area (Å²) in [7, 11) is 1.18. The Hall–Kier alpha value is -2.04. The van der Waals surface area contributed by atoms with Crippen molar-refractivity contribution >= 4 is 23.7 Å². The minimum Gasteiger partial charge on any atom is -0.467 e. The molecule has 0 aromatic rings. The Morgan fingerprint density at radius 1 is 1.08 bits per heavy atom. The van der Waals surface area contributed by atoms with E-state index >= 15 is 0 Å². The minimum absolute atomic E-state index is 0.0637. The van der Waals surface area contributed by atoms with Crippen LogP contribution in [0.5, 0.6) is 0 Å². The molecule has 0 N–H and O–H groups in total. The Morgan fingerprint density at radius 3 is 2.27 bits per heavy atom. The summed E-state index contributed by atoms with van der Waals surface area (Å²) in [6, 6.07) is 0. The fraction of sp³-hybridized carbons (Fsp3) is 0.750. The number of esters is 3. The van der Waals surface area contributed by atoms with E-state index in [1.165, 1.54) is 14.0 Å². The Labute approximate surface area is 150 Å². The van der Waals surface area contributed by atoms with Crippen LogP contribution < -0.4 is 0 Å². The molecule has 0 aromatic carbocycles. The molecule has 0 saturated carbocycles. The number of nitrogens with zero attached hydrogens (tertiary/aromatic N) is 1. The highest BCUT2D eigenvalue weighted by Gasteiger charge is 2.70. The van der Waals surface area contributed by atoms with E-state index in [-0.39, 0.29) is 31.8 Å². The number of ether oxygens (including phenoxy) is 3. The SMILES string of the molecule is CCOC(=O)[C@@H]1ON2O[C@H](C(=O)OC)C[C@]2(C(=O)OCC)[C@H]1CC(C)=O. The van der Waals surface area contributed by atoms with Crippen LogP contribution in [0.4, 0.5) is 0 Å². The largest absolute Gasteiger partial charge is 0.467 e. The summed E-state index contributed by atoms with van der Waals surface area (Å²) in [4.78, 5) is 59.6. The van der Waals surface area contributed by atoms with Crippen LogP contribution in [0, 0.1) is 5.92 Å². The number of carbonyl (C=O) groups is 4. The van der Waals surface area contributed by atoms with Gasteiger partial charge in [0.25, 0.3) is 0 Å². The summed E-state index contributed by atoms with van der Waals surface area (Å²) in [5, 5.41) is 0.807. The molecule has 0 aromatic heterocycles. The van der Waals surface area contributed by atoms with Crippen LogP contribution in [0.3, 0.4) is 0 Å². The van der Waals surface area contributed by atoms with Gasteiger partial charge < -0.3 is 19.0 Å². The highest BCUT2D eigenvalue weighted by Crippen LogP contribution is 2.49. The van der Waals surface area contributed by atoms with Crippen molar-refractivity contribution in [3.63, 3.8) is 0 Å². The van der Waals surface area contributed by atoms with Gasteiger partial charge in [-0.2, -0.15) is 0 Å². The number of Topliss-reactive ketones (excluding diaryl/α,β-unsaturated/α-hetero) is 1. The molecule has 0 unspecified atom stereocenters. The predicted octanol–water partition coefficient (Wildman–Crippen LogP) is -0.0606. The summed E-state index contributed by atoms with van der Waals surface area (Å²) in [5.74, 6) is -3.38. The molecule has 0 spiro atoms. The van der Waals surface area contributed by atoms with Gasteiger partial charge in [-0.05, 0) is 26.0 Å². The van der Waals surface area contributed by atoms with Crippen molar-refractivity contribution in [2.45, 2.75) is 51.4 Å². The van der Waals surface area contributed by atoms with Gasteiger partial charge in [-0.15, -0.1) is 0 Å². The molecule has 0 amide bonds. The number of hydroxylamine groups is 2. The first kappa shape index (κ1) is 20.3. The molecule has 0 bridgehead atoms. The molecule has 10 heteroatoms. The summed E-state index contributed by atoms with van der Waals surface area (Å²) in [5.41, 5.74) is -1.63. The molecule has 2 saturated heterocycles. The quantitative estimate of drug-likeness (QED) is 0.443. The van der Waals surface area contributed by atoms with E-state index in [4.69, 9.17) is 19.1 Å². The van der Waals surface area contributed by atoms with Crippen molar-refractivity contribution in [1.29, 1.82) is 0 Å². The Morgan fingerprint density at radius 2 is 1.73 bits per heavy atom. The molecule has 4 atom stereocenters. The number of rotatable bonds is 7. The lowest BCUT2D eigenvalue weighted by Crippen LogP contribution is -2.52. The van der Waals surface area contributed by atoms with E-state index in [0.717, 1.165) is 5.23 Å². The highest BCUT2D eigenvalue weighted by molar-refractivity contribution is 5.89. The molecule has 146 valence electrons. The van der Waals surface area contributed by atoms with Crippen LogP contribution in [0.25, 0.3) is 0 Å². The van der Waals surface area contributed by atoms with E-state index in [1.807, 2.05) is 0 Å². The van der Waals surface area contributed by atoms with E-state index in [0.29, 0.717) is 0 Å². The maximum absolute atomic E-state index is 12.8. The standard InChI is InChI=1S/C16H23NO9/c1-5-23-14(20)12-10(7-9(3)18)16(15(21)24-6-2)8-11(13(19)22-4)25-17(16)26-12/h10-12H,5-8H2,1-4H3/t10-,11-,12+,16+/m0/s1. The molecule has 2 aliphatic heterocycles. The lowest BCUT2D eigenvalue weighted by atomic mass is 9.75. The van der Waals surface area contributed by atoms with Crippen LogP contribution in [-0.2, 0) is 43.1 Å². The number of methoxy groups -OCH3 is 1. The van der Waals surface area contributed by atoms with Crippen molar-refractivity contribution in [2.24, 2.45) is 5.92 Å². The summed E-state index contributed by atoms with van der Waals surface area (Å²) in [6.45, 7) is 4.74. The first-order valence-corrected chi connectivity index (χ1v) is 8.36. The first-order chi connectivity index (χ1) is 12.3. The van der Waals surface area contributed by atoms with E-state index in [2.05, 4.69) is 4.74 Å². The summed E-state index contributed by atoms with van der Waals surface area (Å²) in [6.07, 6.45) is -2.69. The maximum Gasteiger partial charge on any atom is 0.337 e. The van der Waals surface area contributed by atoms with Gasteiger partial charge in [-0.3, -0.25) is 9.68 Å². The predicted molar refractivity (Wildman–Crippen MR) is 83.0 cm³/mol. The number of fused-ring (bicyclic) bond motifs is 1. The van der Waals surface area contributed by atoms with Crippen LogP contribution in [-0.4, -0.2) is 67.0 Å². The van der Waals surface area contributed by atoms with Crippen molar-refractivity contribution in [3.05, 3.63) is 0 Å². The van der Waals surface area contributed by atoms with Gasteiger partial charge in [-0.25, -0.2) is 14.4 Å². The van der Waals surface area contributed by atoms with Gasteiger partial charge in [0.1, 0.15) is 5.78 Å². The van der Waals surface area contributed by atoms with Crippen LogP contribution in [0.15, 0.2) is 0 Å². The van der Waals surface area contributed by atoms with Crippen molar-refractivity contribution < 1.29 is 43.1 Å². The zero-order chi connectivity index (χ0) is 19.5. The van der Waals surface area contributed by atoms with E-state index in [1.54, 1.807) is 13.8 Å². The molecule has 2 fully saturated rings. The number of ketones is 1. The summed E-state index contributed by atoms with van der Waals surface area (Å²) >= 11 is 0. The fourth-order valence-electron chi connectivity index (χ4n) is 3.28. The Kier molecular flexibility index (Phi) is 6.32. The van der Waals surface area contributed by atoms with Gasteiger partial charge >= 0.3 is 17.9 Å². The lowest BCUT2D eigenvalue weighted by Gasteiger charge is -2.29.